The number of benzene rings is 3. The SMILES string of the molecule is COC(=O)C(Cc1ccccc1)NC(=O)c1c(-c2ccccc2)nn(-c2ccccc2)c1N. The number of aromatic nitrogens is 2. The van der Waals surface area contributed by atoms with Crippen molar-refractivity contribution in [2.45, 2.75) is 12.5 Å². The molecule has 0 aliphatic carbocycles. The van der Waals surface area contributed by atoms with Gasteiger partial charge in [-0.15, -0.1) is 0 Å². The lowest BCUT2D eigenvalue weighted by molar-refractivity contribution is -0.142. The zero-order valence-corrected chi connectivity index (χ0v) is 18.1. The smallest absolute Gasteiger partial charge is 0.328 e. The lowest BCUT2D eigenvalue weighted by Crippen LogP contribution is -2.43. The van der Waals surface area contributed by atoms with E-state index in [2.05, 4.69) is 10.4 Å². The predicted molar refractivity (Wildman–Crippen MR) is 127 cm³/mol. The summed E-state index contributed by atoms with van der Waals surface area (Å²) in [6, 6.07) is 27.2. The number of carbonyl (C=O) groups excluding carboxylic acids is 2. The number of esters is 1. The number of nitrogens with one attached hydrogen (secondary N) is 1. The van der Waals surface area contributed by atoms with Gasteiger partial charge in [-0.2, -0.15) is 5.10 Å². The molecule has 0 fully saturated rings. The van der Waals surface area contributed by atoms with Crippen LogP contribution in [0.1, 0.15) is 15.9 Å². The Bertz CT molecular complexity index is 1240. The number of amides is 1. The fraction of sp³-hybridized carbons (Fsp3) is 0.115. The van der Waals surface area contributed by atoms with Gasteiger partial charge < -0.3 is 15.8 Å². The monoisotopic (exact) mass is 440 g/mol. The van der Waals surface area contributed by atoms with Gasteiger partial charge in [-0.05, 0) is 17.7 Å². The molecule has 0 saturated carbocycles. The lowest BCUT2D eigenvalue weighted by atomic mass is 10.0. The highest BCUT2D eigenvalue weighted by Crippen LogP contribution is 2.29. The number of hydrogen-bond donors (Lipinski definition) is 2. The summed E-state index contributed by atoms with van der Waals surface area (Å²) in [5.41, 5.74) is 9.42. The molecule has 33 heavy (non-hydrogen) atoms. The van der Waals surface area contributed by atoms with Crippen molar-refractivity contribution < 1.29 is 14.3 Å². The first kappa shape index (κ1) is 21.8. The third-order valence-corrected chi connectivity index (χ3v) is 5.27. The van der Waals surface area contributed by atoms with Gasteiger partial charge in [0, 0.05) is 12.0 Å². The molecule has 4 rings (SSSR count). The van der Waals surface area contributed by atoms with Crippen molar-refractivity contribution in [2.24, 2.45) is 0 Å². The molecule has 0 aliphatic rings. The van der Waals surface area contributed by atoms with E-state index in [1.54, 1.807) is 0 Å². The Labute approximate surface area is 191 Å². The van der Waals surface area contributed by atoms with Crippen molar-refractivity contribution in [2.75, 3.05) is 12.8 Å². The molecule has 7 nitrogen and oxygen atoms in total. The summed E-state index contributed by atoms with van der Waals surface area (Å²) in [5.74, 6) is -0.858. The molecule has 0 spiro atoms. The van der Waals surface area contributed by atoms with E-state index < -0.39 is 17.9 Å². The van der Waals surface area contributed by atoms with Crippen LogP contribution in [0, 0.1) is 0 Å². The first-order valence-electron chi connectivity index (χ1n) is 10.5. The fourth-order valence-electron chi connectivity index (χ4n) is 3.63. The number of para-hydroxylation sites is 1. The van der Waals surface area contributed by atoms with Crippen LogP contribution in [0.5, 0.6) is 0 Å². The number of nitrogen functional groups attached to an aromatic ring is 1. The Morgan fingerprint density at radius 3 is 2.12 bits per heavy atom. The van der Waals surface area contributed by atoms with Crippen LogP contribution in [0.15, 0.2) is 91.0 Å². The quantitative estimate of drug-likeness (QED) is 0.428. The molecule has 3 aromatic carbocycles. The second-order valence-electron chi connectivity index (χ2n) is 7.46. The van der Waals surface area contributed by atoms with Crippen LogP contribution in [0.3, 0.4) is 0 Å². The van der Waals surface area contributed by atoms with E-state index in [-0.39, 0.29) is 17.8 Å². The van der Waals surface area contributed by atoms with E-state index in [1.807, 2.05) is 91.0 Å². The molecule has 0 radical (unpaired) electrons. The van der Waals surface area contributed by atoms with Crippen LogP contribution >= 0.6 is 0 Å². The van der Waals surface area contributed by atoms with Crippen molar-refractivity contribution in [3.63, 3.8) is 0 Å². The molecule has 1 heterocycles. The van der Waals surface area contributed by atoms with Gasteiger partial charge in [0.15, 0.2) is 0 Å². The van der Waals surface area contributed by atoms with Gasteiger partial charge >= 0.3 is 5.97 Å². The van der Waals surface area contributed by atoms with E-state index in [0.717, 1.165) is 16.8 Å². The summed E-state index contributed by atoms with van der Waals surface area (Å²) in [6.07, 6.45) is 0.284. The molecule has 0 aliphatic heterocycles. The largest absolute Gasteiger partial charge is 0.467 e. The number of anilines is 1. The number of methoxy groups -OCH3 is 1. The first-order chi connectivity index (χ1) is 16.1. The van der Waals surface area contributed by atoms with Gasteiger partial charge in [0.2, 0.25) is 0 Å². The number of nitrogens with two attached hydrogens (primary N) is 1. The molecule has 1 atom stereocenters. The average molecular weight is 441 g/mol. The van der Waals surface area contributed by atoms with Crippen molar-refractivity contribution in [1.29, 1.82) is 0 Å². The second kappa shape index (κ2) is 9.82. The average Bonchev–Trinajstić information content (AvgIpc) is 3.22. The van der Waals surface area contributed by atoms with Crippen LogP contribution in [-0.2, 0) is 16.0 Å². The van der Waals surface area contributed by atoms with Gasteiger partial charge in [-0.3, -0.25) is 4.79 Å². The number of nitrogens with zero attached hydrogens (tertiary/aromatic N) is 2. The van der Waals surface area contributed by atoms with E-state index in [0.29, 0.717) is 5.69 Å². The third-order valence-electron chi connectivity index (χ3n) is 5.27. The van der Waals surface area contributed by atoms with Crippen LogP contribution in [-0.4, -0.2) is 34.8 Å². The Morgan fingerprint density at radius 1 is 0.939 bits per heavy atom. The molecule has 3 N–H and O–H groups in total. The molecule has 0 bridgehead atoms. The molecule has 1 unspecified atom stereocenters. The molecule has 7 heteroatoms. The van der Waals surface area contributed by atoms with E-state index in [9.17, 15) is 9.59 Å². The topological polar surface area (TPSA) is 99.2 Å². The zero-order chi connectivity index (χ0) is 23.2. The normalized spacial score (nSPS) is 11.5. The third kappa shape index (κ3) is 4.77. The standard InChI is InChI=1S/C26H24N4O3/c1-33-26(32)21(17-18-11-5-2-6-12-18)28-25(31)22-23(19-13-7-3-8-14-19)29-30(24(22)27)20-15-9-4-10-16-20/h2-16,21H,17,27H2,1H3,(H,28,31). The molecular formula is C26H24N4O3. The van der Waals surface area contributed by atoms with Crippen LogP contribution in [0.2, 0.25) is 0 Å². The minimum atomic E-state index is -0.881. The highest BCUT2D eigenvalue weighted by Gasteiger charge is 2.28. The van der Waals surface area contributed by atoms with Gasteiger partial charge in [-0.1, -0.05) is 78.9 Å². The van der Waals surface area contributed by atoms with Crippen molar-refractivity contribution in [3.8, 4) is 16.9 Å². The summed E-state index contributed by atoms with van der Waals surface area (Å²) in [4.78, 5) is 25.9. The van der Waals surface area contributed by atoms with Crippen LogP contribution in [0.4, 0.5) is 5.82 Å². The summed E-state index contributed by atoms with van der Waals surface area (Å²) < 4.78 is 6.46. The molecule has 166 valence electrons. The van der Waals surface area contributed by atoms with E-state index in [4.69, 9.17) is 10.5 Å². The minimum absolute atomic E-state index is 0.181. The summed E-state index contributed by atoms with van der Waals surface area (Å²) >= 11 is 0. The summed E-state index contributed by atoms with van der Waals surface area (Å²) in [7, 11) is 1.30. The molecule has 4 aromatic rings. The fourth-order valence-corrected chi connectivity index (χ4v) is 3.63. The molecule has 0 saturated heterocycles. The predicted octanol–water partition coefficient (Wildman–Crippen LogP) is 3.64. The Hall–Kier alpha value is -4.39. The Balaban J connectivity index is 1.73. The lowest BCUT2D eigenvalue weighted by Gasteiger charge is -2.17. The van der Waals surface area contributed by atoms with Gasteiger partial charge in [0.25, 0.3) is 5.91 Å². The second-order valence-corrected chi connectivity index (χ2v) is 7.46. The number of rotatable bonds is 7. The molecule has 1 aromatic heterocycles. The summed E-state index contributed by atoms with van der Waals surface area (Å²) in [6.45, 7) is 0. The van der Waals surface area contributed by atoms with Crippen molar-refractivity contribution in [3.05, 3.63) is 102 Å². The van der Waals surface area contributed by atoms with Gasteiger partial charge in [-0.25, -0.2) is 9.48 Å². The highest BCUT2D eigenvalue weighted by atomic mass is 16.5. The zero-order valence-electron chi connectivity index (χ0n) is 18.1. The van der Waals surface area contributed by atoms with Crippen LogP contribution < -0.4 is 11.1 Å². The van der Waals surface area contributed by atoms with Crippen LogP contribution in [0.25, 0.3) is 16.9 Å². The van der Waals surface area contributed by atoms with Crippen molar-refractivity contribution in [1.82, 2.24) is 15.1 Å². The van der Waals surface area contributed by atoms with Crippen molar-refractivity contribution >= 4 is 17.7 Å². The van der Waals surface area contributed by atoms with Gasteiger partial charge in [0.05, 0.1) is 12.8 Å². The number of carbonyl (C=O) groups is 2. The maximum atomic E-state index is 13.5. The molecular weight excluding hydrogens is 416 g/mol. The maximum absolute atomic E-state index is 13.5. The van der Waals surface area contributed by atoms with E-state index in [1.165, 1.54) is 11.8 Å². The summed E-state index contributed by atoms with van der Waals surface area (Å²) in [5, 5.41) is 7.44. The number of hydrogen-bond acceptors (Lipinski definition) is 5. The first-order valence-corrected chi connectivity index (χ1v) is 10.5. The number of ether oxygens (including phenoxy) is 1. The highest BCUT2D eigenvalue weighted by molar-refractivity contribution is 6.05. The Kier molecular flexibility index (Phi) is 6.50. The van der Waals surface area contributed by atoms with Gasteiger partial charge in [0.1, 0.15) is 23.1 Å². The minimum Gasteiger partial charge on any atom is -0.467 e. The Morgan fingerprint density at radius 2 is 1.52 bits per heavy atom. The maximum Gasteiger partial charge on any atom is 0.328 e. The van der Waals surface area contributed by atoms with E-state index >= 15 is 0 Å². The molecule has 1 amide bonds.